The van der Waals surface area contributed by atoms with Gasteiger partial charge in [0.25, 0.3) is 0 Å². The molecule has 17 heavy (non-hydrogen) atoms. The van der Waals surface area contributed by atoms with Crippen LogP contribution in [0.15, 0.2) is 30.5 Å². The van der Waals surface area contributed by atoms with Crippen LogP contribution in [-0.4, -0.2) is 15.9 Å². The van der Waals surface area contributed by atoms with Crippen LogP contribution in [0.3, 0.4) is 0 Å². The van der Waals surface area contributed by atoms with Crippen LogP contribution in [0.4, 0.5) is 5.82 Å². The predicted molar refractivity (Wildman–Crippen MR) is 66.2 cm³/mol. The summed E-state index contributed by atoms with van der Waals surface area (Å²) in [5.41, 5.74) is 6.83. The normalized spacial score (nSPS) is 17.8. The van der Waals surface area contributed by atoms with E-state index in [4.69, 9.17) is 22.1 Å². The number of nitrogens with two attached hydrogens (primary N) is 1. The first-order valence-corrected chi connectivity index (χ1v) is 5.83. The van der Waals surface area contributed by atoms with Gasteiger partial charge in [-0.05, 0) is 11.6 Å². The van der Waals surface area contributed by atoms with Crippen molar-refractivity contribution in [2.45, 2.75) is 19.1 Å². The fraction of sp³-hybridized carbons (Fsp3) is 0.250. The lowest BCUT2D eigenvalue weighted by atomic mass is 10.1. The first kappa shape index (κ1) is 10.5. The van der Waals surface area contributed by atoms with Gasteiger partial charge in [-0.3, -0.25) is 4.68 Å². The highest BCUT2D eigenvalue weighted by atomic mass is 35.5. The summed E-state index contributed by atoms with van der Waals surface area (Å²) in [6, 6.07) is 8.07. The van der Waals surface area contributed by atoms with Crippen LogP contribution < -0.4 is 10.5 Å². The van der Waals surface area contributed by atoms with Crippen molar-refractivity contribution in [3.05, 3.63) is 41.0 Å². The van der Waals surface area contributed by atoms with Crippen molar-refractivity contribution in [3.8, 4) is 5.75 Å². The van der Waals surface area contributed by atoms with Crippen molar-refractivity contribution >= 4 is 17.4 Å². The summed E-state index contributed by atoms with van der Waals surface area (Å²) in [6.45, 7) is 0.658. The van der Waals surface area contributed by atoms with E-state index in [0.717, 1.165) is 12.2 Å². The Balaban J connectivity index is 1.73. The van der Waals surface area contributed by atoms with Crippen molar-refractivity contribution in [1.82, 2.24) is 9.78 Å². The molecule has 0 aliphatic carbocycles. The number of anilines is 1. The number of hydrogen-bond donors (Lipinski definition) is 1. The average Bonchev–Trinajstić information content (AvgIpc) is 2.83. The van der Waals surface area contributed by atoms with Gasteiger partial charge in [-0.1, -0.05) is 29.8 Å². The fourth-order valence-corrected chi connectivity index (χ4v) is 2.22. The van der Waals surface area contributed by atoms with Gasteiger partial charge in [-0.25, -0.2) is 0 Å². The van der Waals surface area contributed by atoms with Crippen LogP contribution in [0.1, 0.15) is 5.56 Å². The first-order valence-electron chi connectivity index (χ1n) is 5.45. The zero-order valence-corrected chi connectivity index (χ0v) is 9.89. The van der Waals surface area contributed by atoms with Gasteiger partial charge in [0.05, 0.1) is 6.54 Å². The van der Waals surface area contributed by atoms with E-state index in [1.54, 1.807) is 10.9 Å². The number of nitrogens with zero attached hydrogens (tertiary/aromatic N) is 2. The largest absolute Gasteiger partial charge is 0.488 e. The average molecular weight is 250 g/mol. The quantitative estimate of drug-likeness (QED) is 0.887. The van der Waals surface area contributed by atoms with Gasteiger partial charge in [0.15, 0.2) is 5.82 Å². The molecule has 1 atom stereocenters. The highest BCUT2D eigenvalue weighted by molar-refractivity contribution is 6.32. The molecule has 1 aliphatic heterocycles. The summed E-state index contributed by atoms with van der Waals surface area (Å²) in [5, 5.41) is 4.61. The Bertz CT molecular complexity index is 508. The minimum atomic E-state index is 0.0998. The number of hydrogen-bond acceptors (Lipinski definition) is 3. The summed E-state index contributed by atoms with van der Waals surface area (Å²) in [6.07, 6.45) is 2.72. The third-order valence-corrected chi connectivity index (χ3v) is 3.14. The topological polar surface area (TPSA) is 53.1 Å². The molecule has 1 aliphatic rings. The van der Waals surface area contributed by atoms with Crippen LogP contribution in [-0.2, 0) is 13.0 Å². The van der Waals surface area contributed by atoms with E-state index in [1.165, 1.54) is 5.56 Å². The lowest BCUT2D eigenvalue weighted by Crippen LogP contribution is -2.21. The Morgan fingerprint density at radius 2 is 2.29 bits per heavy atom. The van der Waals surface area contributed by atoms with Gasteiger partial charge in [0, 0.05) is 12.6 Å². The first-order chi connectivity index (χ1) is 8.22. The van der Waals surface area contributed by atoms with E-state index in [0.29, 0.717) is 17.4 Å². The Labute approximate surface area is 104 Å². The molecular weight excluding hydrogens is 238 g/mol. The summed E-state index contributed by atoms with van der Waals surface area (Å²) in [4.78, 5) is 0. The molecule has 5 heteroatoms. The highest BCUT2D eigenvalue weighted by Crippen LogP contribution is 2.29. The molecule has 0 saturated carbocycles. The molecule has 2 aromatic rings. The van der Waals surface area contributed by atoms with Crippen molar-refractivity contribution < 1.29 is 4.74 Å². The third-order valence-electron chi connectivity index (χ3n) is 2.85. The molecule has 3 rings (SSSR count). The number of para-hydroxylation sites is 1. The number of nitrogen functional groups attached to an aromatic ring is 1. The molecule has 0 bridgehead atoms. The summed E-state index contributed by atoms with van der Waals surface area (Å²) < 4.78 is 7.55. The molecule has 0 saturated heterocycles. The number of aromatic nitrogens is 2. The van der Waals surface area contributed by atoms with E-state index in [9.17, 15) is 0 Å². The van der Waals surface area contributed by atoms with Gasteiger partial charge in [0.1, 0.15) is 16.9 Å². The van der Waals surface area contributed by atoms with Crippen LogP contribution in [0.2, 0.25) is 5.02 Å². The Morgan fingerprint density at radius 1 is 1.47 bits per heavy atom. The standard InChI is InChI=1S/C12H12ClN3O/c13-10-7-16(15-12(10)14)6-9-5-8-3-1-2-4-11(8)17-9/h1-4,7,9H,5-6H2,(H2,14,15). The fourth-order valence-electron chi connectivity index (χ4n) is 2.07. The van der Waals surface area contributed by atoms with E-state index < -0.39 is 0 Å². The summed E-state index contributed by atoms with van der Waals surface area (Å²) >= 11 is 5.85. The van der Waals surface area contributed by atoms with E-state index in [2.05, 4.69) is 11.2 Å². The molecule has 0 radical (unpaired) electrons. The lowest BCUT2D eigenvalue weighted by Gasteiger charge is -2.10. The molecular formula is C12H12ClN3O. The maximum Gasteiger partial charge on any atom is 0.164 e. The van der Waals surface area contributed by atoms with Crippen molar-refractivity contribution in [3.63, 3.8) is 0 Å². The van der Waals surface area contributed by atoms with Gasteiger partial charge < -0.3 is 10.5 Å². The van der Waals surface area contributed by atoms with Gasteiger partial charge in [-0.15, -0.1) is 0 Å². The number of rotatable bonds is 2. The van der Waals surface area contributed by atoms with Gasteiger partial charge >= 0.3 is 0 Å². The number of benzene rings is 1. The second-order valence-electron chi connectivity index (χ2n) is 4.14. The lowest BCUT2D eigenvalue weighted by molar-refractivity contribution is 0.203. The zero-order chi connectivity index (χ0) is 11.8. The smallest absolute Gasteiger partial charge is 0.164 e. The summed E-state index contributed by atoms with van der Waals surface area (Å²) in [5.74, 6) is 1.32. The predicted octanol–water partition coefficient (Wildman–Crippen LogP) is 2.12. The van der Waals surface area contributed by atoms with Crippen LogP contribution >= 0.6 is 11.6 Å². The zero-order valence-electron chi connectivity index (χ0n) is 9.14. The number of ether oxygens (including phenoxy) is 1. The number of halogens is 1. The van der Waals surface area contributed by atoms with E-state index >= 15 is 0 Å². The SMILES string of the molecule is Nc1nn(CC2Cc3ccccc3O2)cc1Cl. The van der Waals surface area contributed by atoms with E-state index in [1.807, 2.05) is 18.2 Å². The Hall–Kier alpha value is -1.68. The second kappa shape index (κ2) is 3.96. The van der Waals surface area contributed by atoms with Gasteiger partial charge in [-0.2, -0.15) is 5.10 Å². The molecule has 0 amide bonds. The molecule has 1 unspecified atom stereocenters. The minimum absolute atomic E-state index is 0.0998. The summed E-state index contributed by atoms with van der Waals surface area (Å²) in [7, 11) is 0. The van der Waals surface area contributed by atoms with Gasteiger partial charge in [0.2, 0.25) is 0 Å². The molecule has 0 spiro atoms. The van der Waals surface area contributed by atoms with Crippen molar-refractivity contribution in [2.75, 3.05) is 5.73 Å². The monoisotopic (exact) mass is 249 g/mol. The molecule has 88 valence electrons. The van der Waals surface area contributed by atoms with E-state index in [-0.39, 0.29) is 6.10 Å². The Morgan fingerprint density at radius 3 is 3.00 bits per heavy atom. The highest BCUT2D eigenvalue weighted by Gasteiger charge is 2.23. The van der Waals surface area contributed by atoms with Crippen LogP contribution in [0, 0.1) is 0 Å². The molecule has 1 aromatic carbocycles. The minimum Gasteiger partial charge on any atom is -0.488 e. The van der Waals surface area contributed by atoms with Crippen LogP contribution in [0.25, 0.3) is 0 Å². The Kier molecular flexibility index (Phi) is 2.44. The second-order valence-corrected chi connectivity index (χ2v) is 4.54. The van der Waals surface area contributed by atoms with Crippen molar-refractivity contribution in [2.24, 2.45) is 0 Å². The molecule has 1 aromatic heterocycles. The van der Waals surface area contributed by atoms with Crippen LogP contribution in [0.5, 0.6) is 5.75 Å². The maximum absolute atomic E-state index is 5.85. The number of fused-ring (bicyclic) bond motifs is 1. The van der Waals surface area contributed by atoms with Crippen molar-refractivity contribution in [1.29, 1.82) is 0 Å². The molecule has 4 nitrogen and oxygen atoms in total. The molecule has 2 N–H and O–H groups in total. The molecule has 2 heterocycles. The third kappa shape index (κ3) is 1.96. The maximum atomic E-state index is 5.85. The molecule has 0 fully saturated rings.